The maximum atomic E-state index is 10.9. The molecule has 3 rings (SSSR count). The molecule has 2 heterocycles. The zero-order valence-corrected chi connectivity index (χ0v) is 12.4. The third kappa shape index (κ3) is 2.60. The van der Waals surface area contributed by atoms with Crippen molar-refractivity contribution >= 4 is 40.2 Å². The molecule has 1 aromatic carbocycles. The highest BCUT2D eigenvalue weighted by molar-refractivity contribution is 7.15. The quantitative estimate of drug-likeness (QED) is 0.747. The van der Waals surface area contributed by atoms with Gasteiger partial charge in [-0.25, -0.2) is 9.78 Å². The number of aromatic nitrogens is 1. The summed E-state index contributed by atoms with van der Waals surface area (Å²) < 4.78 is 0. The second kappa shape index (κ2) is 5.36. The van der Waals surface area contributed by atoms with Crippen molar-refractivity contribution in [1.29, 1.82) is 0 Å². The highest BCUT2D eigenvalue weighted by atomic mass is 35.5. The smallest absolute Gasteiger partial charge is 0.336 e. The number of carbonyl (C=O) groups is 1. The number of thiazole rings is 1. The average molecular weight is 322 g/mol. The molecule has 0 atom stereocenters. The molecule has 0 unspecified atom stereocenters. The second-order valence-electron chi connectivity index (χ2n) is 4.05. The summed E-state index contributed by atoms with van der Waals surface area (Å²) in [5, 5.41) is 14.1. The molecule has 0 aliphatic rings. The zero-order valence-electron chi connectivity index (χ0n) is 10.0. The number of carboxylic acids is 1. The van der Waals surface area contributed by atoms with Gasteiger partial charge in [-0.15, -0.1) is 22.7 Å². The van der Waals surface area contributed by atoms with Crippen LogP contribution < -0.4 is 0 Å². The molecular formula is C14H8ClNO2S2. The first-order chi connectivity index (χ1) is 9.63. The first-order valence-corrected chi connectivity index (χ1v) is 7.81. The predicted octanol–water partition coefficient (Wildman–Crippen LogP) is 4.89. The summed E-state index contributed by atoms with van der Waals surface area (Å²) in [4.78, 5) is 16.3. The van der Waals surface area contributed by atoms with E-state index < -0.39 is 5.97 Å². The van der Waals surface area contributed by atoms with E-state index in [9.17, 15) is 4.79 Å². The van der Waals surface area contributed by atoms with Crippen LogP contribution in [-0.2, 0) is 0 Å². The van der Waals surface area contributed by atoms with Crippen molar-refractivity contribution < 1.29 is 9.90 Å². The Morgan fingerprint density at radius 2 is 1.90 bits per heavy atom. The number of benzene rings is 1. The molecule has 0 aliphatic heterocycles. The molecule has 1 N–H and O–H groups in total. The van der Waals surface area contributed by atoms with Crippen LogP contribution in [0.1, 0.15) is 10.4 Å². The first kappa shape index (κ1) is 13.3. The topological polar surface area (TPSA) is 50.2 Å². The van der Waals surface area contributed by atoms with Gasteiger partial charge in [0, 0.05) is 21.3 Å². The third-order valence-corrected chi connectivity index (χ3v) is 4.79. The minimum Gasteiger partial charge on any atom is -0.478 e. The normalized spacial score (nSPS) is 10.7. The van der Waals surface area contributed by atoms with Crippen LogP contribution in [0, 0.1) is 0 Å². The molecule has 100 valence electrons. The number of carboxylic acid groups (broad SMARTS) is 1. The molecule has 2 aromatic heterocycles. The third-order valence-electron chi connectivity index (χ3n) is 2.69. The van der Waals surface area contributed by atoms with E-state index in [2.05, 4.69) is 4.98 Å². The lowest BCUT2D eigenvalue weighted by Gasteiger charge is -1.95. The largest absolute Gasteiger partial charge is 0.478 e. The minimum absolute atomic E-state index is 0.297. The summed E-state index contributed by atoms with van der Waals surface area (Å²) in [6.07, 6.45) is 0. The van der Waals surface area contributed by atoms with Crippen molar-refractivity contribution in [2.45, 2.75) is 0 Å². The monoisotopic (exact) mass is 321 g/mol. The Balaban J connectivity index is 1.93. The van der Waals surface area contributed by atoms with Crippen molar-refractivity contribution in [3.05, 3.63) is 51.7 Å². The molecule has 0 bridgehead atoms. The lowest BCUT2D eigenvalue weighted by molar-refractivity contribution is 0.0697. The molecular weight excluding hydrogens is 314 g/mol. The summed E-state index contributed by atoms with van der Waals surface area (Å²) in [6, 6.07) is 9.13. The molecule has 20 heavy (non-hydrogen) atoms. The van der Waals surface area contributed by atoms with Gasteiger partial charge < -0.3 is 5.11 Å². The van der Waals surface area contributed by atoms with E-state index in [0.717, 1.165) is 21.1 Å². The van der Waals surface area contributed by atoms with Crippen LogP contribution >= 0.6 is 34.3 Å². The van der Waals surface area contributed by atoms with Gasteiger partial charge in [-0.1, -0.05) is 23.7 Å². The fraction of sp³-hybridized carbons (Fsp3) is 0. The van der Waals surface area contributed by atoms with E-state index in [1.807, 2.05) is 29.6 Å². The SMILES string of the molecule is O=C(O)c1csc(-c2csc(-c3ccc(Cl)cc3)n2)c1. The van der Waals surface area contributed by atoms with Crippen LogP contribution in [0.2, 0.25) is 5.02 Å². The van der Waals surface area contributed by atoms with Gasteiger partial charge in [-0.05, 0) is 18.2 Å². The Morgan fingerprint density at radius 3 is 2.55 bits per heavy atom. The predicted molar refractivity (Wildman–Crippen MR) is 82.8 cm³/mol. The molecule has 0 saturated heterocycles. The van der Waals surface area contributed by atoms with E-state index >= 15 is 0 Å². The fourth-order valence-corrected chi connectivity index (χ4v) is 3.56. The number of aromatic carboxylic acids is 1. The lowest BCUT2D eigenvalue weighted by Crippen LogP contribution is -1.91. The summed E-state index contributed by atoms with van der Waals surface area (Å²) >= 11 is 8.77. The van der Waals surface area contributed by atoms with Crippen LogP contribution in [0.5, 0.6) is 0 Å². The van der Waals surface area contributed by atoms with Crippen molar-refractivity contribution in [3.8, 4) is 21.1 Å². The highest BCUT2D eigenvalue weighted by Crippen LogP contribution is 2.32. The standard InChI is InChI=1S/C14H8ClNO2S2/c15-10-3-1-8(2-4-10)13-16-11(7-20-13)12-5-9(6-19-12)14(17)18/h1-7H,(H,17,18). The Labute approximate surface area is 128 Å². The first-order valence-electron chi connectivity index (χ1n) is 5.67. The van der Waals surface area contributed by atoms with Crippen LogP contribution in [-0.4, -0.2) is 16.1 Å². The van der Waals surface area contributed by atoms with Gasteiger partial charge in [-0.2, -0.15) is 0 Å². The molecule has 3 aromatic rings. The molecule has 0 aliphatic carbocycles. The maximum absolute atomic E-state index is 10.9. The van der Waals surface area contributed by atoms with Gasteiger partial charge in [0.2, 0.25) is 0 Å². The van der Waals surface area contributed by atoms with Gasteiger partial charge in [0.05, 0.1) is 16.1 Å². The lowest BCUT2D eigenvalue weighted by atomic mass is 10.2. The number of thiophene rings is 1. The van der Waals surface area contributed by atoms with Gasteiger partial charge >= 0.3 is 5.97 Å². The van der Waals surface area contributed by atoms with E-state index in [-0.39, 0.29) is 0 Å². The molecule has 0 radical (unpaired) electrons. The van der Waals surface area contributed by atoms with Crippen LogP contribution in [0.4, 0.5) is 0 Å². The van der Waals surface area contributed by atoms with E-state index in [4.69, 9.17) is 16.7 Å². The summed E-state index contributed by atoms with van der Waals surface area (Å²) in [7, 11) is 0. The maximum Gasteiger partial charge on any atom is 0.336 e. The average Bonchev–Trinajstić information content (AvgIpc) is 3.08. The Hall–Kier alpha value is -1.69. The Kier molecular flexibility index (Phi) is 3.56. The van der Waals surface area contributed by atoms with E-state index in [0.29, 0.717) is 10.6 Å². The van der Waals surface area contributed by atoms with Crippen LogP contribution in [0.15, 0.2) is 41.1 Å². The molecule has 0 amide bonds. The van der Waals surface area contributed by atoms with Crippen molar-refractivity contribution in [1.82, 2.24) is 4.98 Å². The van der Waals surface area contributed by atoms with Gasteiger partial charge in [-0.3, -0.25) is 0 Å². The van der Waals surface area contributed by atoms with E-state index in [1.165, 1.54) is 22.7 Å². The molecule has 3 nitrogen and oxygen atoms in total. The Morgan fingerprint density at radius 1 is 1.15 bits per heavy atom. The second-order valence-corrected chi connectivity index (χ2v) is 6.26. The minimum atomic E-state index is -0.916. The van der Waals surface area contributed by atoms with Crippen molar-refractivity contribution in [2.24, 2.45) is 0 Å². The molecule has 0 saturated carbocycles. The van der Waals surface area contributed by atoms with Crippen molar-refractivity contribution in [3.63, 3.8) is 0 Å². The Bertz CT molecular complexity index is 762. The number of rotatable bonds is 3. The highest BCUT2D eigenvalue weighted by Gasteiger charge is 2.11. The van der Waals surface area contributed by atoms with E-state index in [1.54, 1.807) is 11.4 Å². The molecule has 0 fully saturated rings. The fourth-order valence-electron chi connectivity index (χ4n) is 1.69. The molecule has 6 heteroatoms. The zero-order chi connectivity index (χ0) is 14.1. The number of nitrogens with zero attached hydrogens (tertiary/aromatic N) is 1. The number of halogens is 1. The van der Waals surface area contributed by atoms with Crippen LogP contribution in [0.25, 0.3) is 21.1 Å². The van der Waals surface area contributed by atoms with Crippen LogP contribution in [0.3, 0.4) is 0 Å². The van der Waals surface area contributed by atoms with Gasteiger partial charge in [0.15, 0.2) is 0 Å². The number of hydrogen-bond acceptors (Lipinski definition) is 4. The summed E-state index contributed by atoms with van der Waals surface area (Å²) in [5.74, 6) is -0.916. The van der Waals surface area contributed by atoms with Gasteiger partial charge in [0.25, 0.3) is 0 Å². The number of hydrogen-bond donors (Lipinski definition) is 1. The van der Waals surface area contributed by atoms with Crippen molar-refractivity contribution in [2.75, 3.05) is 0 Å². The van der Waals surface area contributed by atoms with Gasteiger partial charge in [0.1, 0.15) is 5.01 Å². The summed E-state index contributed by atoms with van der Waals surface area (Å²) in [5.41, 5.74) is 2.10. The summed E-state index contributed by atoms with van der Waals surface area (Å²) in [6.45, 7) is 0. The molecule has 0 spiro atoms.